The highest BCUT2D eigenvalue weighted by Crippen LogP contribution is 2.23. The van der Waals surface area contributed by atoms with Crippen molar-refractivity contribution in [3.05, 3.63) is 65.7 Å². The molecule has 2 aromatic carbocycles. The van der Waals surface area contributed by atoms with Gasteiger partial charge in [-0.05, 0) is 43.7 Å². The number of carbonyl (C=O) groups excluding carboxylic acids is 1. The second-order valence-electron chi connectivity index (χ2n) is 4.57. The molecule has 3 nitrogen and oxygen atoms in total. The van der Waals surface area contributed by atoms with E-state index in [4.69, 9.17) is 9.47 Å². The van der Waals surface area contributed by atoms with Crippen LogP contribution < -0.4 is 4.74 Å². The third-order valence-corrected chi connectivity index (χ3v) is 3.12. The molecule has 21 heavy (non-hydrogen) atoms. The Kier molecular flexibility index (Phi) is 5.52. The second-order valence-corrected chi connectivity index (χ2v) is 4.57. The Morgan fingerprint density at radius 2 is 1.62 bits per heavy atom. The van der Waals surface area contributed by atoms with Crippen molar-refractivity contribution in [2.45, 2.75) is 20.0 Å². The number of ether oxygens (including phenoxy) is 2. The zero-order valence-corrected chi connectivity index (χ0v) is 12.4. The summed E-state index contributed by atoms with van der Waals surface area (Å²) in [6.07, 6.45) is -0.561. The van der Waals surface area contributed by atoms with Crippen LogP contribution in [0.25, 0.3) is 0 Å². The molecule has 0 aliphatic rings. The van der Waals surface area contributed by atoms with E-state index >= 15 is 0 Å². The quantitative estimate of drug-likeness (QED) is 0.720. The van der Waals surface area contributed by atoms with E-state index in [0.717, 1.165) is 11.3 Å². The van der Waals surface area contributed by atoms with Gasteiger partial charge in [0, 0.05) is 12.2 Å². The van der Waals surface area contributed by atoms with Crippen LogP contribution in [0.1, 0.15) is 35.9 Å². The molecule has 0 amide bonds. The SMILES string of the molecule is CCOc1ccc(C(=O)C(OCC)c2ccccc2)cc1. The topological polar surface area (TPSA) is 35.5 Å². The molecule has 0 fully saturated rings. The van der Waals surface area contributed by atoms with Gasteiger partial charge in [-0.2, -0.15) is 0 Å². The van der Waals surface area contributed by atoms with Crippen LogP contribution in [0.2, 0.25) is 0 Å². The van der Waals surface area contributed by atoms with Crippen LogP contribution in [0.4, 0.5) is 0 Å². The summed E-state index contributed by atoms with van der Waals surface area (Å²) in [6.45, 7) is 4.92. The van der Waals surface area contributed by atoms with Gasteiger partial charge in [0.15, 0.2) is 5.78 Å². The van der Waals surface area contributed by atoms with Gasteiger partial charge in [-0.1, -0.05) is 30.3 Å². The monoisotopic (exact) mass is 284 g/mol. The molecule has 3 heteroatoms. The summed E-state index contributed by atoms with van der Waals surface area (Å²) >= 11 is 0. The summed E-state index contributed by atoms with van der Waals surface area (Å²) in [7, 11) is 0. The maximum atomic E-state index is 12.6. The lowest BCUT2D eigenvalue weighted by Crippen LogP contribution is -2.16. The van der Waals surface area contributed by atoms with E-state index < -0.39 is 6.10 Å². The highest BCUT2D eigenvalue weighted by molar-refractivity contribution is 6.00. The van der Waals surface area contributed by atoms with E-state index in [1.54, 1.807) is 12.1 Å². The van der Waals surface area contributed by atoms with Gasteiger partial charge < -0.3 is 9.47 Å². The van der Waals surface area contributed by atoms with Gasteiger partial charge in [0.25, 0.3) is 0 Å². The molecule has 0 spiro atoms. The smallest absolute Gasteiger partial charge is 0.196 e. The lowest BCUT2D eigenvalue weighted by atomic mass is 10.00. The Bertz CT molecular complexity index is 561. The molecule has 1 atom stereocenters. The predicted molar refractivity (Wildman–Crippen MR) is 82.8 cm³/mol. The highest BCUT2D eigenvalue weighted by Gasteiger charge is 2.22. The molecule has 110 valence electrons. The Morgan fingerprint density at radius 1 is 0.952 bits per heavy atom. The van der Waals surface area contributed by atoms with Crippen molar-refractivity contribution in [2.24, 2.45) is 0 Å². The minimum atomic E-state index is -0.561. The normalized spacial score (nSPS) is 11.9. The second kappa shape index (κ2) is 7.60. The van der Waals surface area contributed by atoms with Crippen molar-refractivity contribution in [3.8, 4) is 5.75 Å². The maximum Gasteiger partial charge on any atom is 0.196 e. The third-order valence-electron chi connectivity index (χ3n) is 3.12. The molecule has 2 aromatic rings. The van der Waals surface area contributed by atoms with Crippen molar-refractivity contribution >= 4 is 5.78 Å². The molecular weight excluding hydrogens is 264 g/mol. The van der Waals surface area contributed by atoms with Crippen molar-refractivity contribution in [1.29, 1.82) is 0 Å². The molecule has 0 saturated carbocycles. The van der Waals surface area contributed by atoms with Crippen molar-refractivity contribution in [2.75, 3.05) is 13.2 Å². The summed E-state index contributed by atoms with van der Waals surface area (Å²) < 4.78 is 11.0. The van der Waals surface area contributed by atoms with Crippen LogP contribution in [0.3, 0.4) is 0 Å². The first-order valence-electron chi connectivity index (χ1n) is 7.19. The van der Waals surface area contributed by atoms with Crippen LogP contribution in [0.15, 0.2) is 54.6 Å². The maximum absolute atomic E-state index is 12.6. The molecule has 0 saturated heterocycles. The van der Waals surface area contributed by atoms with Crippen LogP contribution >= 0.6 is 0 Å². The Morgan fingerprint density at radius 3 is 2.19 bits per heavy atom. The predicted octanol–water partition coefficient (Wildman–Crippen LogP) is 4.05. The lowest BCUT2D eigenvalue weighted by Gasteiger charge is -2.16. The average molecular weight is 284 g/mol. The Balaban J connectivity index is 2.22. The highest BCUT2D eigenvalue weighted by atomic mass is 16.5. The fourth-order valence-electron chi connectivity index (χ4n) is 2.15. The van der Waals surface area contributed by atoms with Crippen LogP contribution in [-0.2, 0) is 4.74 Å². The summed E-state index contributed by atoms with van der Waals surface area (Å²) in [6, 6.07) is 16.7. The standard InChI is InChI=1S/C18H20O3/c1-3-20-16-12-10-14(11-13-16)17(19)18(21-4-2)15-8-6-5-7-9-15/h5-13,18H,3-4H2,1-2H3. The zero-order chi connectivity index (χ0) is 15.1. The molecule has 0 N–H and O–H groups in total. The van der Waals surface area contributed by atoms with Gasteiger partial charge in [-0.3, -0.25) is 4.79 Å². The molecule has 0 heterocycles. The Labute approximate surface area is 125 Å². The first kappa shape index (κ1) is 15.3. The van der Waals surface area contributed by atoms with Crippen LogP contribution in [0.5, 0.6) is 5.75 Å². The van der Waals surface area contributed by atoms with Crippen LogP contribution in [-0.4, -0.2) is 19.0 Å². The molecule has 1 unspecified atom stereocenters. The van der Waals surface area contributed by atoms with Crippen molar-refractivity contribution in [3.63, 3.8) is 0 Å². The Hall–Kier alpha value is -2.13. The molecule has 0 aliphatic carbocycles. The molecule has 2 rings (SSSR count). The number of ketones is 1. The van der Waals surface area contributed by atoms with E-state index in [1.807, 2.05) is 56.3 Å². The van der Waals surface area contributed by atoms with Gasteiger partial charge in [-0.15, -0.1) is 0 Å². The lowest BCUT2D eigenvalue weighted by molar-refractivity contribution is 0.0452. The van der Waals surface area contributed by atoms with Gasteiger partial charge in [0.1, 0.15) is 11.9 Å². The minimum Gasteiger partial charge on any atom is -0.494 e. The fourth-order valence-corrected chi connectivity index (χ4v) is 2.15. The minimum absolute atomic E-state index is 0.0360. The number of Topliss-reactive ketones (excluding diaryl/α,β-unsaturated/α-hetero) is 1. The van der Waals surface area contributed by atoms with E-state index in [2.05, 4.69) is 0 Å². The summed E-state index contributed by atoms with van der Waals surface area (Å²) in [4.78, 5) is 12.6. The summed E-state index contributed by atoms with van der Waals surface area (Å²) in [5.74, 6) is 0.729. The molecule has 0 aliphatic heterocycles. The fraction of sp³-hybridized carbons (Fsp3) is 0.278. The average Bonchev–Trinajstić information content (AvgIpc) is 2.54. The van der Waals surface area contributed by atoms with E-state index in [9.17, 15) is 4.79 Å². The first-order valence-corrected chi connectivity index (χ1v) is 7.19. The number of carbonyl (C=O) groups is 1. The van der Waals surface area contributed by atoms with Crippen molar-refractivity contribution < 1.29 is 14.3 Å². The summed E-state index contributed by atoms with van der Waals surface area (Å²) in [5.41, 5.74) is 1.50. The molecular formula is C18H20O3. The van der Waals surface area contributed by atoms with Gasteiger partial charge in [0.05, 0.1) is 6.61 Å². The van der Waals surface area contributed by atoms with Crippen LogP contribution in [0, 0.1) is 0 Å². The molecule has 0 aromatic heterocycles. The largest absolute Gasteiger partial charge is 0.494 e. The molecule has 0 radical (unpaired) electrons. The van der Waals surface area contributed by atoms with Gasteiger partial charge in [-0.25, -0.2) is 0 Å². The number of hydrogen-bond acceptors (Lipinski definition) is 3. The number of hydrogen-bond donors (Lipinski definition) is 0. The molecule has 0 bridgehead atoms. The number of benzene rings is 2. The van der Waals surface area contributed by atoms with Gasteiger partial charge >= 0.3 is 0 Å². The van der Waals surface area contributed by atoms with E-state index in [-0.39, 0.29) is 5.78 Å². The summed E-state index contributed by atoms with van der Waals surface area (Å²) in [5, 5.41) is 0. The van der Waals surface area contributed by atoms with E-state index in [1.165, 1.54) is 0 Å². The van der Waals surface area contributed by atoms with E-state index in [0.29, 0.717) is 18.8 Å². The zero-order valence-electron chi connectivity index (χ0n) is 12.4. The first-order chi connectivity index (χ1) is 10.3. The number of rotatable bonds is 7. The third kappa shape index (κ3) is 3.92. The van der Waals surface area contributed by atoms with Crippen molar-refractivity contribution in [1.82, 2.24) is 0 Å². The van der Waals surface area contributed by atoms with Gasteiger partial charge in [0.2, 0.25) is 0 Å².